The average Bonchev–Trinajstić information content (AvgIpc) is 3.05. The smallest absolute Gasteiger partial charge is 0.408 e. The van der Waals surface area contributed by atoms with Gasteiger partial charge in [0, 0.05) is 30.9 Å². The molecule has 0 spiro atoms. The van der Waals surface area contributed by atoms with E-state index in [1.807, 2.05) is 6.07 Å². The second-order valence-electron chi connectivity index (χ2n) is 7.74. The monoisotopic (exact) mass is 407 g/mol. The number of primary amides is 1. The first kappa shape index (κ1) is 20.2. The van der Waals surface area contributed by atoms with E-state index in [1.54, 1.807) is 12.1 Å². The lowest BCUT2D eigenvalue weighted by Gasteiger charge is -2.23. The number of carbonyl (C=O) groups is 1. The van der Waals surface area contributed by atoms with Crippen LogP contribution in [-0.4, -0.2) is 53.7 Å². The van der Waals surface area contributed by atoms with Gasteiger partial charge in [0.15, 0.2) is 5.75 Å². The molecule has 0 saturated carbocycles. The van der Waals surface area contributed by atoms with Crippen LogP contribution in [0.5, 0.6) is 5.75 Å². The molecule has 1 amide bonds. The maximum Gasteiger partial charge on any atom is 0.410 e. The van der Waals surface area contributed by atoms with Gasteiger partial charge in [-0.2, -0.15) is 0 Å². The van der Waals surface area contributed by atoms with E-state index in [2.05, 4.69) is 51.0 Å². The lowest BCUT2D eigenvalue weighted by molar-refractivity contribution is 0.211. The van der Waals surface area contributed by atoms with Crippen LogP contribution in [0.15, 0.2) is 42.5 Å². The number of nitrogens with one attached hydrogen (secondary N) is 1. The van der Waals surface area contributed by atoms with Crippen LogP contribution in [0.2, 0.25) is 0 Å². The molecule has 0 bridgehead atoms. The highest BCUT2D eigenvalue weighted by atomic mass is 16.5. The van der Waals surface area contributed by atoms with Gasteiger partial charge in [0.1, 0.15) is 11.3 Å². The minimum absolute atomic E-state index is 0.358. The van der Waals surface area contributed by atoms with Crippen molar-refractivity contribution in [3.05, 3.63) is 42.5 Å². The number of imidazole rings is 1. The number of hydrogen-bond acceptors (Lipinski definition) is 5. The zero-order chi connectivity index (χ0) is 20.9. The van der Waals surface area contributed by atoms with Gasteiger partial charge in [-0.25, -0.2) is 9.78 Å². The number of unbranched alkanes of at least 4 members (excludes halogenated alkanes) is 1. The summed E-state index contributed by atoms with van der Waals surface area (Å²) in [6.45, 7) is 7.90. The number of aromatic nitrogens is 2. The first-order valence-electron chi connectivity index (χ1n) is 10.7. The second kappa shape index (κ2) is 9.17. The molecule has 3 N–H and O–H groups in total. The molecular weight excluding hydrogens is 378 g/mol. The SMILES string of the molecule is CCCCN1CCCN(c2ccc(-c3nc4c(OC(N)=O)cccc4[nH]3)cc2)CC1. The first-order valence-corrected chi connectivity index (χ1v) is 10.7. The Labute approximate surface area is 176 Å². The number of amides is 1. The first-order chi connectivity index (χ1) is 14.6. The van der Waals surface area contributed by atoms with Gasteiger partial charge >= 0.3 is 6.09 Å². The van der Waals surface area contributed by atoms with E-state index in [0.29, 0.717) is 11.3 Å². The molecule has 0 unspecified atom stereocenters. The molecule has 1 aromatic heterocycles. The normalized spacial score (nSPS) is 15.3. The number of nitrogens with zero attached hydrogens (tertiary/aromatic N) is 3. The predicted molar refractivity (Wildman–Crippen MR) is 120 cm³/mol. The van der Waals surface area contributed by atoms with Crippen molar-refractivity contribution in [3.63, 3.8) is 0 Å². The third-order valence-corrected chi connectivity index (χ3v) is 5.61. The van der Waals surface area contributed by atoms with Crippen molar-refractivity contribution >= 4 is 22.8 Å². The Bertz CT molecular complexity index is 999. The minimum Gasteiger partial charge on any atom is -0.408 e. The Balaban J connectivity index is 1.49. The molecule has 1 saturated heterocycles. The molecule has 2 heterocycles. The number of hydrogen-bond donors (Lipinski definition) is 2. The second-order valence-corrected chi connectivity index (χ2v) is 7.74. The maximum absolute atomic E-state index is 11.1. The largest absolute Gasteiger partial charge is 0.410 e. The van der Waals surface area contributed by atoms with Crippen LogP contribution < -0.4 is 15.4 Å². The highest BCUT2D eigenvalue weighted by Gasteiger charge is 2.16. The Morgan fingerprint density at radius 1 is 1.13 bits per heavy atom. The van der Waals surface area contributed by atoms with Gasteiger partial charge in [0.25, 0.3) is 0 Å². The number of ether oxygens (including phenoxy) is 1. The Kier molecular flexibility index (Phi) is 6.18. The summed E-state index contributed by atoms with van der Waals surface area (Å²) in [7, 11) is 0. The molecular formula is C23H29N5O2. The molecule has 3 aromatic rings. The number of para-hydroxylation sites is 1. The zero-order valence-electron chi connectivity index (χ0n) is 17.4. The molecule has 30 heavy (non-hydrogen) atoms. The van der Waals surface area contributed by atoms with E-state index in [4.69, 9.17) is 10.5 Å². The molecule has 0 aliphatic carbocycles. The van der Waals surface area contributed by atoms with E-state index in [1.165, 1.54) is 38.0 Å². The van der Waals surface area contributed by atoms with Crippen molar-refractivity contribution in [1.29, 1.82) is 0 Å². The van der Waals surface area contributed by atoms with Crippen LogP contribution in [0.25, 0.3) is 22.4 Å². The summed E-state index contributed by atoms with van der Waals surface area (Å²) in [6, 6.07) is 13.9. The maximum atomic E-state index is 11.1. The van der Waals surface area contributed by atoms with Crippen molar-refractivity contribution in [2.45, 2.75) is 26.2 Å². The van der Waals surface area contributed by atoms with E-state index in [9.17, 15) is 4.79 Å². The third kappa shape index (κ3) is 4.57. The molecule has 7 heteroatoms. The summed E-state index contributed by atoms with van der Waals surface area (Å²) in [4.78, 5) is 24.1. The van der Waals surface area contributed by atoms with Crippen LogP contribution in [0.1, 0.15) is 26.2 Å². The molecule has 158 valence electrons. The molecule has 7 nitrogen and oxygen atoms in total. The van der Waals surface area contributed by atoms with Crippen molar-refractivity contribution in [1.82, 2.24) is 14.9 Å². The number of nitrogens with two attached hydrogens (primary N) is 1. The van der Waals surface area contributed by atoms with E-state index >= 15 is 0 Å². The van der Waals surface area contributed by atoms with Crippen LogP contribution in [0.4, 0.5) is 10.5 Å². The number of carbonyl (C=O) groups excluding carboxylic acids is 1. The molecule has 4 rings (SSSR count). The fraction of sp³-hybridized carbons (Fsp3) is 0.391. The quantitative estimate of drug-likeness (QED) is 0.645. The van der Waals surface area contributed by atoms with Crippen LogP contribution >= 0.6 is 0 Å². The third-order valence-electron chi connectivity index (χ3n) is 5.61. The summed E-state index contributed by atoms with van der Waals surface area (Å²) in [5.74, 6) is 1.09. The number of H-pyrrole nitrogens is 1. The van der Waals surface area contributed by atoms with Gasteiger partial charge < -0.3 is 25.3 Å². The summed E-state index contributed by atoms with van der Waals surface area (Å²) in [5.41, 5.74) is 8.78. The topological polar surface area (TPSA) is 87.5 Å². The molecule has 0 atom stereocenters. The van der Waals surface area contributed by atoms with Crippen LogP contribution in [0, 0.1) is 0 Å². The van der Waals surface area contributed by atoms with Crippen molar-refractivity contribution in [3.8, 4) is 17.1 Å². The highest BCUT2D eigenvalue weighted by molar-refractivity contribution is 5.87. The number of anilines is 1. The minimum atomic E-state index is -0.845. The molecule has 2 aromatic carbocycles. The number of aromatic amines is 1. The van der Waals surface area contributed by atoms with Crippen LogP contribution in [-0.2, 0) is 0 Å². The number of benzene rings is 2. The average molecular weight is 408 g/mol. The van der Waals surface area contributed by atoms with Gasteiger partial charge in [-0.3, -0.25) is 0 Å². The lowest BCUT2D eigenvalue weighted by Crippen LogP contribution is -2.31. The van der Waals surface area contributed by atoms with Crippen LogP contribution in [0.3, 0.4) is 0 Å². The van der Waals surface area contributed by atoms with Crippen molar-refractivity contribution in [2.24, 2.45) is 5.73 Å². The van der Waals surface area contributed by atoms with Gasteiger partial charge in [0.05, 0.1) is 5.52 Å². The van der Waals surface area contributed by atoms with Gasteiger partial charge in [-0.05, 0) is 62.3 Å². The lowest BCUT2D eigenvalue weighted by atomic mass is 10.2. The number of fused-ring (bicyclic) bond motifs is 1. The molecule has 1 fully saturated rings. The highest BCUT2D eigenvalue weighted by Crippen LogP contribution is 2.28. The Hall–Kier alpha value is -3.06. The predicted octanol–water partition coefficient (Wildman–Crippen LogP) is 4.00. The van der Waals surface area contributed by atoms with E-state index in [0.717, 1.165) is 36.5 Å². The van der Waals surface area contributed by atoms with E-state index in [-0.39, 0.29) is 0 Å². The van der Waals surface area contributed by atoms with Gasteiger partial charge in [0.2, 0.25) is 0 Å². The molecule has 0 radical (unpaired) electrons. The van der Waals surface area contributed by atoms with Gasteiger partial charge in [-0.1, -0.05) is 19.4 Å². The zero-order valence-corrected chi connectivity index (χ0v) is 17.4. The Morgan fingerprint density at radius 2 is 1.97 bits per heavy atom. The summed E-state index contributed by atoms with van der Waals surface area (Å²) in [5, 5.41) is 0. The fourth-order valence-electron chi connectivity index (χ4n) is 4.00. The Morgan fingerprint density at radius 3 is 2.73 bits per heavy atom. The molecule has 1 aliphatic rings. The number of rotatable bonds is 6. The van der Waals surface area contributed by atoms with Crippen molar-refractivity contribution < 1.29 is 9.53 Å². The van der Waals surface area contributed by atoms with E-state index < -0.39 is 6.09 Å². The van der Waals surface area contributed by atoms with Gasteiger partial charge in [-0.15, -0.1) is 0 Å². The fourth-order valence-corrected chi connectivity index (χ4v) is 4.00. The summed E-state index contributed by atoms with van der Waals surface area (Å²) >= 11 is 0. The summed E-state index contributed by atoms with van der Waals surface area (Å²) in [6.07, 6.45) is 2.87. The summed E-state index contributed by atoms with van der Waals surface area (Å²) < 4.78 is 5.07. The standard InChI is InChI=1S/C23H29N5O2/c1-2-3-12-27-13-5-14-28(16-15-27)18-10-8-17(9-11-18)22-25-19-6-4-7-20(21(19)26-22)30-23(24)29/h4,6-11H,2-3,5,12-16H2,1H3,(H2,24,29)(H,25,26). The molecule has 1 aliphatic heterocycles. The van der Waals surface area contributed by atoms with Crippen molar-refractivity contribution in [2.75, 3.05) is 37.6 Å².